The molecule has 0 unspecified atom stereocenters. The average molecular weight is 292 g/mol. The van der Waals surface area contributed by atoms with Gasteiger partial charge >= 0.3 is 6.09 Å². The molecule has 0 spiro atoms. The summed E-state index contributed by atoms with van der Waals surface area (Å²) < 4.78 is 5.80. The van der Waals surface area contributed by atoms with Gasteiger partial charge in [-0.25, -0.2) is 4.79 Å². The van der Waals surface area contributed by atoms with Crippen LogP contribution in [0.15, 0.2) is 30.3 Å². The number of benzene rings is 1. The molecule has 0 radical (unpaired) electrons. The van der Waals surface area contributed by atoms with Crippen LogP contribution >= 0.6 is 0 Å². The monoisotopic (exact) mass is 292 g/mol. The van der Waals surface area contributed by atoms with Gasteiger partial charge in [0.05, 0.1) is 6.10 Å². The molecule has 0 aromatic heterocycles. The molecule has 1 aliphatic rings. The van der Waals surface area contributed by atoms with Gasteiger partial charge in [-0.15, -0.1) is 0 Å². The van der Waals surface area contributed by atoms with E-state index in [1.54, 1.807) is 0 Å². The number of ether oxygens (including phenoxy) is 1. The van der Waals surface area contributed by atoms with E-state index in [0.29, 0.717) is 19.3 Å². The zero-order valence-electron chi connectivity index (χ0n) is 12.3. The van der Waals surface area contributed by atoms with Crippen LogP contribution in [0.4, 0.5) is 4.79 Å². The lowest BCUT2D eigenvalue weighted by Crippen LogP contribution is -2.36. The molecular weight excluding hydrogens is 268 g/mol. The Balaban J connectivity index is 1.57. The second kappa shape index (κ2) is 8.64. The minimum Gasteiger partial charge on any atom is -0.465 e. The first kappa shape index (κ1) is 15.8. The molecule has 1 aromatic rings. The Morgan fingerprint density at radius 2 is 2.00 bits per heavy atom. The third-order valence-corrected chi connectivity index (χ3v) is 3.73. The molecule has 1 aliphatic heterocycles. The zero-order chi connectivity index (χ0) is 14.9. The highest BCUT2D eigenvalue weighted by Crippen LogP contribution is 2.16. The molecule has 1 fully saturated rings. The number of hydrogen-bond acceptors (Lipinski definition) is 3. The van der Waals surface area contributed by atoms with E-state index in [1.165, 1.54) is 5.56 Å². The van der Waals surface area contributed by atoms with Gasteiger partial charge in [0.1, 0.15) is 0 Å². The zero-order valence-corrected chi connectivity index (χ0v) is 12.3. The molecule has 2 rings (SSSR count). The van der Waals surface area contributed by atoms with E-state index in [-0.39, 0.29) is 0 Å². The molecule has 0 atom stereocenters. The van der Waals surface area contributed by atoms with Crippen molar-refractivity contribution in [2.75, 3.05) is 26.2 Å². The standard InChI is InChI=1S/C16H24N2O3/c19-16(20)17-9-4-12-21-15-7-10-18(11-8-15)13-14-5-2-1-3-6-14/h1-3,5-6,15,17H,4,7-13H2,(H,19,20). The van der Waals surface area contributed by atoms with Crippen LogP contribution in [0.2, 0.25) is 0 Å². The van der Waals surface area contributed by atoms with Crippen molar-refractivity contribution in [2.45, 2.75) is 31.9 Å². The molecule has 1 amide bonds. The Labute approximate surface area is 125 Å². The highest BCUT2D eigenvalue weighted by Gasteiger charge is 2.19. The number of amides is 1. The normalized spacial score (nSPS) is 16.8. The second-order valence-corrected chi connectivity index (χ2v) is 5.42. The van der Waals surface area contributed by atoms with Gasteiger partial charge < -0.3 is 15.2 Å². The molecule has 21 heavy (non-hydrogen) atoms. The van der Waals surface area contributed by atoms with E-state index in [0.717, 1.165) is 38.9 Å². The van der Waals surface area contributed by atoms with Gasteiger partial charge in [-0.3, -0.25) is 4.90 Å². The third kappa shape index (κ3) is 6.14. The van der Waals surface area contributed by atoms with Gasteiger partial charge in [0, 0.05) is 32.8 Å². The number of carbonyl (C=O) groups is 1. The number of nitrogens with zero attached hydrogens (tertiary/aromatic N) is 1. The van der Waals surface area contributed by atoms with Gasteiger partial charge in [0.15, 0.2) is 0 Å². The molecular formula is C16H24N2O3. The molecule has 0 aliphatic carbocycles. The van der Waals surface area contributed by atoms with E-state index in [1.807, 2.05) is 6.07 Å². The lowest BCUT2D eigenvalue weighted by Gasteiger charge is -2.31. The molecule has 5 nitrogen and oxygen atoms in total. The smallest absolute Gasteiger partial charge is 0.404 e. The largest absolute Gasteiger partial charge is 0.465 e. The second-order valence-electron chi connectivity index (χ2n) is 5.42. The van der Waals surface area contributed by atoms with Crippen molar-refractivity contribution in [2.24, 2.45) is 0 Å². The van der Waals surface area contributed by atoms with Crippen LogP contribution in [0, 0.1) is 0 Å². The molecule has 5 heteroatoms. The number of piperidine rings is 1. The highest BCUT2D eigenvalue weighted by atomic mass is 16.5. The van der Waals surface area contributed by atoms with E-state index >= 15 is 0 Å². The minimum absolute atomic E-state index is 0.321. The lowest BCUT2D eigenvalue weighted by molar-refractivity contribution is 0.00517. The van der Waals surface area contributed by atoms with Crippen molar-refractivity contribution in [3.8, 4) is 0 Å². The number of carboxylic acid groups (broad SMARTS) is 1. The first-order valence-corrected chi connectivity index (χ1v) is 7.59. The summed E-state index contributed by atoms with van der Waals surface area (Å²) in [6, 6.07) is 10.5. The molecule has 1 heterocycles. The summed E-state index contributed by atoms with van der Waals surface area (Å²) in [6.07, 6.45) is 2.20. The van der Waals surface area contributed by atoms with Crippen molar-refractivity contribution in [3.63, 3.8) is 0 Å². The van der Waals surface area contributed by atoms with Crippen LogP contribution in [0.5, 0.6) is 0 Å². The third-order valence-electron chi connectivity index (χ3n) is 3.73. The molecule has 0 saturated carbocycles. The van der Waals surface area contributed by atoms with E-state index in [4.69, 9.17) is 9.84 Å². The van der Waals surface area contributed by atoms with E-state index in [2.05, 4.69) is 34.5 Å². The van der Waals surface area contributed by atoms with Crippen molar-refractivity contribution >= 4 is 6.09 Å². The Morgan fingerprint density at radius 1 is 1.29 bits per heavy atom. The summed E-state index contributed by atoms with van der Waals surface area (Å²) in [7, 11) is 0. The molecule has 0 bridgehead atoms. The lowest BCUT2D eigenvalue weighted by atomic mass is 10.1. The van der Waals surface area contributed by atoms with Gasteiger partial charge in [0.25, 0.3) is 0 Å². The van der Waals surface area contributed by atoms with E-state index in [9.17, 15) is 4.79 Å². The number of hydrogen-bond donors (Lipinski definition) is 2. The van der Waals surface area contributed by atoms with E-state index < -0.39 is 6.09 Å². The maximum absolute atomic E-state index is 10.3. The van der Waals surface area contributed by atoms with Crippen molar-refractivity contribution in [3.05, 3.63) is 35.9 Å². The predicted octanol–water partition coefficient (Wildman–Crippen LogP) is 2.33. The average Bonchev–Trinajstić information content (AvgIpc) is 2.49. The fraction of sp³-hybridized carbons (Fsp3) is 0.562. The fourth-order valence-corrected chi connectivity index (χ4v) is 2.59. The molecule has 1 aromatic carbocycles. The maximum Gasteiger partial charge on any atom is 0.404 e. The van der Waals surface area contributed by atoms with Gasteiger partial charge in [-0.2, -0.15) is 0 Å². The molecule has 1 saturated heterocycles. The minimum atomic E-state index is -0.968. The van der Waals surface area contributed by atoms with Crippen LogP contribution < -0.4 is 5.32 Å². The summed E-state index contributed by atoms with van der Waals surface area (Å²) >= 11 is 0. The number of nitrogens with one attached hydrogen (secondary N) is 1. The van der Waals surface area contributed by atoms with Crippen LogP contribution in [-0.2, 0) is 11.3 Å². The number of rotatable bonds is 7. The summed E-state index contributed by atoms with van der Waals surface area (Å²) in [5.41, 5.74) is 1.36. The number of likely N-dealkylation sites (tertiary alicyclic amines) is 1. The molecule has 2 N–H and O–H groups in total. The first-order valence-electron chi connectivity index (χ1n) is 7.59. The molecule has 116 valence electrons. The highest BCUT2D eigenvalue weighted by molar-refractivity contribution is 5.64. The summed E-state index contributed by atoms with van der Waals surface area (Å²) in [6.45, 7) is 4.22. The Morgan fingerprint density at radius 3 is 2.67 bits per heavy atom. The Kier molecular flexibility index (Phi) is 6.50. The van der Waals surface area contributed by atoms with Crippen LogP contribution in [0.3, 0.4) is 0 Å². The van der Waals surface area contributed by atoms with Crippen molar-refractivity contribution < 1.29 is 14.6 Å². The van der Waals surface area contributed by atoms with Crippen LogP contribution in [-0.4, -0.2) is 48.4 Å². The van der Waals surface area contributed by atoms with Crippen LogP contribution in [0.25, 0.3) is 0 Å². The first-order chi connectivity index (χ1) is 10.2. The Hall–Kier alpha value is -1.59. The predicted molar refractivity (Wildman–Crippen MR) is 81.3 cm³/mol. The van der Waals surface area contributed by atoms with Crippen LogP contribution in [0.1, 0.15) is 24.8 Å². The maximum atomic E-state index is 10.3. The topological polar surface area (TPSA) is 61.8 Å². The Bertz CT molecular complexity index is 417. The quantitative estimate of drug-likeness (QED) is 0.757. The summed E-state index contributed by atoms with van der Waals surface area (Å²) in [5.74, 6) is 0. The van der Waals surface area contributed by atoms with Gasteiger partial charge in [-0.1, -0.05) is 30.3 Å². The van der Waals surface area contributed by atoms with Gasteiger partial charge in [0.2, 0.25) is 0 Å². The van der Waals surface area contributed by atoms with Gasteiger partial charge in [-0.05, 0) is 24.8 Å². The van der Waals surface area contributed by atoms with Crippen molar-refractivity contribution in [1.82, 2.24) is 10.2 Å². The van der Waals surface area contributed by atoms with Crippen molar-refractivity contribution in [1.29, 1.82) is 0 Å². The fourth-order valence-electron chi connectivity index (χ4n) is 2.59. The summed E-state index contributed by atoms with van der Waals surface area (Å²) in [5, 5.41) is 10.8. The summed E-state index contributed by atoms with van der Waals surface area (Å²) in [4.78, 5) is 12.8. The SMILES string of the molecule is O=C(O)NCCCOC1CCN(Cc2ccccc2)CC1.